The van der Waals surface area contributed by atoms with Crippen molar-refractivity contribution in [1.29, 1.82) is 0 Å². The van der Waals surface area contributed by atoms with Crippen LogP contribution in [-0.2, 0) is 6.42 Å². The van der Waals surface area contributed by atoms with Gasteiger partial charge in [0.25, 0.3) is 0 Å². The number of hydrogen-bond donors (Lipinski definition) is 1. The Balaban J connectivity index is 1.69. The first-order chi connectivity index (χ1) is 11.5. The fourth-order valence-electron chi connectivity index (χ4n) is 6.13. The normalized spacial score (nSPS) is 34.1. The van der Waals surface area contributed by atoms with Gasteiger partial charge < -0.3 is 5.11 Å². The molecule has 0 unspecified atom stereocenters. The van der Waals surface area contributed by atoms with Gasteiger partial charge in [-0.05, 0) is 90.5 Å². The van der Waals surface area contributed by atoms with Crippen molar-refractivity contribution in [2.45, 2.75) is 58.8 Å². The van der Waals surface area contributed by atoms with E-state index in [4.69, 9.17) is 0 Å². The first kappa shape index (κ1) is 16.0. The van der Waals surface area contributed by atoms with Gasteiger partial charge in [-0.3, -0.25) is 0 Å². The third kappa shape index (κ3) is 2.28. The molecule has 0 saturated heterocycles. The first-order valence-electron chi connectivity index (χ1n) is 9.74. The summed E-state index contributed by atoms with van der Waals surface area (Å²) in [6.45, 7) is 9.27. The van der Waals surface area contributed by atoms with Gasteiger partial charge in [-0.1, -0.05) is 44.6 Å². The molecule has 0 aromatic heterocycles. The van der Waals surface area contributed by atoms with Crippen molar-refractivity contribution in [2.24, 2.45) is 23.2 Å². The van der Waals surface area contributed by atoms with E-state index in [1.54, 1.807) is 5.57 Å². The van der Waals surface area contributed by atoms with Crippen LogP contribution in [0, 0.1) is 23.2 Å². The molecular weight excluding hydrogens is 292 g/mol. The molecule has 1 fully saturated rings. The summed E-state index contributed by atoms with van der Waals surface area (Å²) >= 11 is 0. The monoisotopic (exact) mass is 322 g/mol. The smallest absolute Gasteiger partial charge is 0.115 e. The number of hydrogen-bond acceptors (Lipinski definition) is 1. The second kappa shape index (κ2) is 5.79. The molecular formula is C23H30O. The number of fused-ring (bicyclic) bond motifs is 5. The summed E-state index contributed by atoms with van der Waals surface area (Å²) in [7, 11) is 0. The minimum Gasteiger partial charge on any atom is -0.508 e. The molecule has 0 heterocycles. The van der Waals surface area contributed by atoms with E-state index in [2.05, 4.69) is 32.6 Å². The molecule has 0 amide bonds. The molecule has 0 radical (unpaired) electrons. The van der Waals surface area contributed by atoms with Crippen LogP contribution in [0.3, 0.4) is 0 Å². The third-order valence-electron chi connectivity index (χ3n) is 7.24. The zero-order valence-electron chi connectivity index (χ0n) is 15.1. The maximum absolute atomic E-state index is 9.79. The largest absolute Gasteiger partial charge is 0.508 e. The molecule has 0 aliphatic heterocycles. The fraction of sp³-hybridized carbons (Fsp3) is 0.565. The molecule has 0 bridgehead atoms. The lowest BCUT2D eigenvalue weighted by Gasteiger charge is -2.47. The molecule has 3 aliphatic rings. The van der Waals surface area contributed by atoms with Crippen LogP contribution in [0.15, 0.2) is 36.4 Å². The van der Waals surface area contributed by atoms with E-state index in [9.17, 15) is 5.11 Å². The molecule has 1 heteroatoms. The van der Waals surface area contributed by atoms with Crippen molar-refractivity contribution in [3.8, 4) is 5.75 Å². The van der Waals surface area contributed by atoms with Crippen molar-refractivity contribution in [1.82, 2.24) is 0 Å². The van der Waals surface area contributed by atoms with Gasteiger partial charge in [-0.15, -0.1) is 0 Å². The Morgan fingerprint density at radius 3 is 2.92 bits per heavy atom. The van der Waals surface area contributed by atoms with E-state index < -0.39 is 0 Å². The SMILES string of the molecule is C=C(CCC)[C@H]1CC[C@H]2[C@@H]3CCc4cc(O)ccc4C3=CC[C@]12C. The van der Waals surface area contributed by atoms with Crippen molar-refractivity contribution in [2.75, 3.05) is 0 Å². The predicted octanol–water partition coefficient (Wildman–Crippen LogP) is 6.13. The Morgan fingerprint density at radius 1 is 1.29 bits per heavy atom. The summed E-state index contributed by atoms with van der Waals surface area (Å²) in [5.41, 5.74) is 6.23. The van der Waals surface area contributed by atoms with Gasteiger partial charge in [0.15, 0.2) is 0 Å². The fourth-order valence-corrected chi connectivity index (χ4v) is 6.13. The van der Waals surface area contributed by atoms with Gasteiger partial charge in [0, 0.05) is 0 Å². The van der Waals surface area contributed by atoms with E-state index in [1.807, 2.05) is 12.1 Å². The minimum absolute atomic E-state index is 0.408. The quantitative estimate of drug-likeness (QED) is 0.664. The zero-order chi connectivity index (χ0) is 16.9. The summed E-state index contributed by atoms with van der Waals surface area (Å²) in [4.78, 5) is 0. The molecule has 0 spiro atoms. The van der Waals surface area contributed by atoms with Crippen LogP contribution in [0.2, 0.25) is 0 Å². The second-order valence-corrected chi connectivity index (χ2v) is 8.50. The van der Waals surface area contributed by atoms with Crippen molar-refractivity contribution >= 4 is 5.57 Å². The molecule has 4 rings (SSSR count). The standard InChI is InChI=1S/C23H30O/c1-4-5-15(2)21-10-11-22-20-8-6-16-14-17(24)7-9-18(16)19(20)12-13-23(21,22)3/h7,9,12,14,20-22,24H,2,4-6,8,10-11,13H2,1,3H3/t20-,21-,22+,23-/m1/s1. The number of aryl methyl sites for hydroxylation is 1. The third-order valence-corrected chi connectivity index (χ3v) is 7.24. The molecule has 1 aromatic carbocycles. The van der Waals surface area contributed by atoms with E-state index in [1.165, 1.54) is 55.2 Å². The number of phenolic OH excluding ortho intramolecular Hbond substituents is 1. The molecule has 4 atom stereocenters. The van der Waals surface area contributed by atoms with Gasteiger partial charge in [0.1, 0.15) is 5.75 Å². The Labute approximate surface area is 146 Å². The van der Waals surface area contributed by atoms with Crippen LogP contribution >= 0.6 is 0 Å². The van der Waals surface area contributed by atoms with E-state index in [0.29, 0.717) is 23.0 Å². The van der Waals surface area contributed by atoms with Crippen LogP contribution in [0.25, 0.3) is 5.57 Å². The molecule has 1 nitrogen and oxygen atoms in total. The lowest BCUT2D eigenvalue weighted by molar-refractivity contribution is 0.131. The summed E-state index contributed by atoms with van der Waals surface area (Å²) in [5.74, 6) is 2.63. The lowest BCUT2D eigenvalue weighted by Crippen LogP contribution is -2.38. The van der Waals surface area contributed by atoms with Crippen LogP contribution in [-0.4, -0.2) is 5.11 Å². The molecule has 1 N–H and O–H groups in total. The van der Waals surface area contributed by atoms with Gasteiger partial charge in [0.05, 0.1) is 0 Å². The highest BCUT2D eigenvalue weighted by atomic mass is 16.3. The van der Waals surface area contributed by atoms with Crippen LogP contribution in [0.4, 0.5) is 0 Å². The Morgan fingerprint density at radius 2 is 2.12 bits per heavy atom. The maximum Gasteiger partial charge on any atom is 0.115 e. The van der Waals surface area contributed by atoms with Crippen LogP contribution < -0.4 is 0 Å². The molecule has 128 valence electrons. The van der Waals surface area contributed by atoms with Crippen molar-refractivity contribution in [3.63, 3.8) is 0 Å². The van der Waals surface area contributed by atoms with E-state index in [0.717, 1.165) is 12.3 Å². The van der Waals surface area contributed by atoms with Crippen molar-refractivity contribution < 1.29 is 5.11 Å². The number of benzene rings is 1. The highest BCUT2D eigenvalue weighted by molar-refractivity contribution is 5.73. The molecule has 1 aromatic rings. The second-order valence-electron chi connectivity index (χ2n) is 8.50. The van der Waals surface area contributed by atoms with Gasteiger partial charge in [-0.2, -0.15) is 0 Å². The van der Waals surface area contributed by atoms with Gasteiger partial charge in [-0.25, -0.2) is 0 Å². The number of rotatable bonds is 3. The average Bonchev–Trinajstić information content (AvgIpc) is 2.92. The molecule has 3 aliphatic carbocycles. The highest BCUT2D eigenvalue weighted by Gasteiger charge is 2.52. The number of aromatic hydroxyl groups is 1. The molecule has 24 heavy (non-hydrogen) atoms. The number of phenols is 1. The minimum atomic E-state index is 0.408. The Kier molecular flexibility index (Phi) is 3.86. The number of allylic oxidation sites excluding steroid dienone is 3. The summed E-state index contributed by atoms with van der Waals surface area (Å²) < 4.78 is 0. The van der Waals surface area contributed by atoms with Gasteiger partial charge >= 0.3 is 0 Å². The van der Waals surface area contributed by atoms with E-state index in [-0.39, 0.29) is 0 Å². The highest BCUT2D eigenvalue weighted by Crippen LogP contribution is 2.62. The molecule has 1 saturated carbocycles. The van der Waals surface area contributed by atoms with Gasteiger partial charge in [0.2, 0.25) is 0 Å². The Bertz CT molecular complexity index is 698. The summed E-state index contributed by atoms with van der Waals surface area (Å²) in [6.07, 6.45) is 11.2. The van der Waals surface area contributed by atoms with E-state index >= 15 is 0 Å². The predicted molar refractivity (Wildman–Crippen MR) is 101 cm³/mol. The summed E-state index contributed by atoms with van der Waals surface area (Å²) in [6, 6.07) is 5.98. The van der Waals surface area contributed by atoms with Crippen LogP contribution in [0.1, 0.15) is 63.5 Å². The maximum atomic E-state index is 9.79. The lowest BCUT2D eigenvalue weighted by atomic mass is 9.57. The van der Waals surface area contributed by atoms with Crippen LogP contribution in [0.5, 0.6) is 5.75 Å². The first-order valence-corrected chi connectivity index (χ1v) is 9.74. The van der Waals surface area contributed by atoms with Crippen molar-refractivity contribution in [3.05, 3.63) is 47.6 Å². The summed E-state index contributed by atoms with van der Waals surface area (Å²) in [5, 5.41) is 9.79. The Hall–Kier alpha value is -1.50. The zero-order valence-corrected chi connectivity index (χ0v) is 15.1. The topological polar surface area (TPSA) is 20.2 Å². The average molecular weight is 322 g/mol.